The zero-order chi connectivity index (χ0) is 36.4. The van der Waals surface area contributed by atoms with Gasteiger partial charge in [-0.2, -0.15) is 8.42 Å². The predicted octanol–water partition coefficient (Wildman–Crippen LogP) is 0.142. The summed E-state index contributed by atoms with van der Waals surface area (Å²) in [5.41, 5.74) is -2.44. The lowest BCUT2D eigenvalue weighted by Gasteiger charge is -2.65. The molecule has 49 heavy (non-hydrogen) atoms. The van der Waals surface area contributed by atoms with Crippen LogP contribution in [0.1, 0.15) is 73.1 Å². The molecule has 15 heteroatoms. The monoisotopic (exact) mass is 722 g/mol. The number of hydrogen-bond acceptors (Lipinski definition) is 13. The number of aliphatic hydroxyl groups excluding tert-OH is 7. The molecule has 1 saturated heterocycles. The number of rotatable bonds is 10. The van der Waals surface area contributed by atoms with Crippen molar-refractivity contribution >= 4 is 10.4 Å². The van der Waals surface area contributed by atoms with Gasteiger partial charge >= 0.3 is 10.4 Å². The maximum atomic E-state index is 12.5. The molecule has 1 unspecified atom stereocenters. The molecule has 0 aromatic rings. The van der Waals surface area contributed by atoms with Crippen LogP contribution >= 0.6 is 0 Å². The van der Waals surface area contributed by atoms with Crippen molar-refractivity contribution in [2.45, 2.75) is 134 Å². The zero-order valence-electron chi connectivity index (χ0n) is 29.0. The molecular weight excluding hydrogens is 664 g/mol. The predicted molar refractivity (Wildman–Crippen MR) is 174 cm³/mol. The fraction of sp³-hybridized carbons (Fsp3) is 0.941. The fourth-order valence-electron chi connectivity index (χ4n) is 11.0. The summed E-state index contributed by atoms with van der Waals surface area (Å²) >= 11 is 0. The molecule has 284 valence electrons. The molecule has 0 aromatic carbocycles. The van der Waals surface area contributed by atoms with Crippen molar-refractivity contribution < 1.29 is 67.5 Å². The van der Waals surface area contributed by atoms with E-state index >= 15 is 0 Å². The summed E-state index contributed by atoms with van der Waals surface area (Å²) in [7, 11) is -5.02. The van der Waals surface area contributed by atoms with Gasteiger partial charge in [0, 0.05) is 18.3 Å². The van der Waals surface area contributed by atoms with Crippen molar-refractivity contribution in [2.24, 2.45) is 52.3 Å². The second-order valence-electron chi connectivity index (χ2n) is 16.6. The van der Waals surface area contributed by atoms with Gasteiger partial charge in [-0.25, -0.2) is 4.18 Å². The largest absolute Gasteiger partial charge is 0.397 e. The van der Waals surface area contributed by atoms with E-state index in [-0.39, 0.29) is 42.6 Å². The number of ether oxygens (including phenoxy) is 2. The number of hydrogen-bond donors (Lipinski definition) is 9. The Balaban J connectivity index is 1.30. The first kappa shape index (κ1) is 39.4. The fourth-order valence-corrected chi connectivity index (χ4v) is 11.5. The molecule has 9 N–H and O–H groups in total. The molecule has 4 aliphatic carbocycles. The van der Waals surface area contributed by atoms with Gasteiger partial charge in [0.25, 0.3) is 0 Å². The first-order chi connectivity index (χ1) is 22.7. The summed E-state index contributed by atoms with van der Waals surface area (Å²) in [6.45, 7) is 9.21. The Morgan fingerprint density at radius 2 is 1.57 bits per heavy atom. The van der Waals surface area contributed by atoms with Gasteiger partial charge in [0.2, 0.25) is 0 Å². The third-order valence-electron chi connectivity index (χ3n) is 13.4. The lowest BCUT2D eigenvalue weighted by atomic mass is 9.42. The molecule has 0 bridgehead atoms. The van der Waals surface area contributed by atoms with Gasteiger partial charge in [0.15, 0.2) is 6.29 Å². The van der Waals surface area contributed by atoms with Gasteiger partial charge < -0.3 is 50.3 Å². The lowest BCUT2D eigenvalue weighted by Crippen LogP contribution is -2.68. The van der Waals surface area contributed by atoms with Crippen LogP contribution in [0.15, 0.2) is 12.2 Å². The Hall–Kier alpha value is -0.790. The molecule has 5 aliphatic rings. The van der Waals surface area contributed by atoms with Crippen LogP contribution in [0, 0.1) is 52.3 Å². The number of fused-ring (bicyclic) bond motifs is 5. The van der Waals surface area contributed by atoms with Gasteiger partial charge in [-0.05, 0) is 72.5 Å². The second kappa shape index (κ2) is 14.2. The van der Waals surface area contributed by atoms with E-state index in [2.05, 4.69) is 11.1 Å². The molecule has 0 spiro atoms. The van der Waals surface area contributed by atoms with Gasteiger partial charge in [-0.3, -0.25) is 4.55 Å². The molecular formula is C34H58O14S. The molecule has 0 amide bonds. The van der Waals surface area contributed by atoms with Crippen molar-refractivity contribution in [3.05, 3.63) is 12.2 Å². The van der Waals surface area contributed by atoms with Crippen molar-refractivity contribution in [3.8, 4) is 0 Å². The van der Waals surface area contributed by atoms with E-state index in [0.29, 0.717) is 32.1 Å². The Morgan fingerprint density at radius 3 is 2.18 bits per heavy atom. The number of allylic oxidation sites excluding steroid dienone is 1. The summed E-state index contributed by atoms with van der Waals surface area (Å²) in [5.74, 6) is -1.91. The highest BCUT2D eigenvalue weighted by Gasteiger charge is 2.72. The highest BCUT2D eigenvalue weighted by molar-refractivity contribution is 7.80. The Bertz CT molecular complexity index is 1300. The Kier molecular flexibility index (Phi) is 11.4. The highest BCUT2D eigenvalue weighted by Crippen LogP contribution is 2.69. The molecule has 1 heterocycles. The van der Waals surface area contributed by atoms with Gasteiger partial charge in [-0.1, -0.05) is 46.8 Å². The third kappa shape index (κ3) is 7.02. The molecule has 1 aliphatic heterocycles. The average molecular weight is 723 g/mol. The number of aliphatic hydroxyl groups is 8. The summed E-state index contributed by atoms with van der Waals surface area (Å²) < 4.78 is 47.2. The normalized spacial score (nSPS) is 50.1. The minimum Gasteiger partial charge on any atom is -0.394 e. The molecule has 5 rings (SSSR count). The molecule has 14 nitrogen and oxygen atoms in total. The lowest BCUT2D eigenvalue weighted by molar-refractivity contribution is -0.299. The van der Waals surface area contributed by atoms with Gasteiger partial charge in [0.05, 0.1) is 43.2 Å². The maximum Gasteiger partial charge on any atom is 0.397 e. The minimum atomic E-state index is -5.02. The maximum absolute atomic E-state index is 12.5. The SMILES string of the molecule is CC(C)C(/C=C/[C@@H](C)[C@H]1[C@@H](O)[C@@H](O)[C@@H]2[C@]1(C)CC[C@@H]1[C@@]3(C)CC[C@H](O)C[C@@H]3[C@@H](O)C[C@]12O)CO[C@@H]1O[C@H](CO)[C@@H](OS(=O)(=O)O)[C@H](O)[C@H]1O. The van der Waals surface area contributed by atoms with Gasteiger partial charge in [0.1, 0.15) is 24.4 Å². The van der Waals surface area contributed by atoms with Crippen molar-refractivity contribution in [1.29, 1.82) is 0 Å². The van der Waals surface area contributed by atoms with Gasteiger partial charge in [-0.15, -0.1) is 0 Å². The highest BCUT2D eigenvalue weighted by atomic mass is 32.3. The Morgan fingerprint density at radius 1 is 0.918 bits per heavy atom. The summed E-state index contributed by atoms with van der Waals surface area (Å²) in [6, 6.07) is 0. The standard InChI is InChI=1S/C34H58O14S/c1-16(2)18(15-46-31-28(41)26(39)29(22(14-35)47-31)48-49(43,44)45)7-6-17(3)24-25(38)27(40)30-33(24,5)11-9-23-32(4)10-8-19(36)12-20(32)21(37)13-34(23,30)42/h6-7,16-31,35-42H,8-15H2,1-5H3,(H,43,44,45)/b7-6+/t17-,18?,19+,20-,21+,22-,23-,24+,25-,26-,27-,28-,29-,30-,31-,32+,33-,34+/m1/s1. The van der Waals surface area contributed by atoms with Crippen LogP contribution in [-0.2, 0) is 24.1 Å². The van der Waals surface area contributed by atoms with Crippen molar-refractivity contribution in [2.75, 3.05) is 13.2 Å². The minimum absolute atomic E-state index is 0.000802. The zero-order valence-corrected chi connectivity index (χ0v) is 29.8. The van der Waals surface area contributed by atoms with E-state index in [4.69, 9.17) is 14.0 Å². The van der Waals surface area contributed by atoms with E-state index < -0.39 is 100 Å². The summed E-state index contributed by atoms with van der Waals surface area (Å²) in [6.07, 6.45) is -4.81. The topological polar surface area (TPSA) is 244 Å². The van der Waals surface area contributed by atoms with Crippen LogP contribution in [0.25, 0.3) is 0 Å². The van der Waals surface area contributed by atoms with E-state index in [1.165, 1.54) is 0 Å². The van der Waals surface area contributed by atoms with E-state index in [0.717, 1.165) is 0 Å². The second-order valence-corrected chi connectivity index (χ2v) is 17.6. The average Bonchev–Trinajstić information content (AvgIpc) is 3.21. The first-order valence-corrected chi connectivity index (χ1v) is 19.1. The molecule has 0 aromatic heterocycles. The smallest absolute Gasteiger partial charge is 0.394 e. The van der Waals surface area contributed by atoms with Crippen LogP contribution in [0.4, 0.5) is 0 Å². The van der Waals surface area contributed by atoms with Crippen molar-refractivity contribution in [1.82, 2.24) is 0 Å². The molecule has 5 fully saturated rings. The van der Waals surface area contributed by atoms with E-state index in [1.54, 1.807) is 0 Å². The molecule has 0 radical (unpaired) electrons. The quantitative estimate of drug-likeness (QED) is 0.108. The van der Waals surface area contributed by atoms with E-state index in [9.17, 15) is 49.3 Å². The van der Waals surface area contributed by atoms with Crippen LogP contribution in [0.3, 0.4) is 0 Å². The Labute approximate surface area is 289 Å². The van der Waals surface area contributed by atoms with Crippen LogP contribution in [0.5, 0.6) is 0 Å². The molecule has 18 atom stereocenters. The van der Waals surface area contributed by atoms with Crippen molar-refractivity contribution in [3.63, 3.8) is 0 Å². The summed E-state index contributed by atoms with van der Waals surface area (Å²) in [4.78, 5) is 0. The van der Waals surface area contributed by atoms with Crippen LogP contribution in [0.2, 0.25) is 0 Å². The van der Waals surface area contributed by atoms with Crippen LogP contribution in [-0.4, -0.2) is 128 Å². The van der Waals surface area contributed by atoms with Crippen LogP contribution < -0.4 is 0 Å². The van der Waals surface area contributed by atoms with E-state index in [1.807, 2.05) is 39.8 Å². The first-order valence-electron chi connectivity index (χ1n) is 17.7. The molecule has 4 saturated carbocycles. The third-order valence-corrected chi connectivity index (χ3v) is 13.9. The summed E-state index contributed by atoms with van der Waals surface area (Å²) in [5, 5.41) is 88.3.